The number of hydrogen-bond acceptors (Lipinski definition) is 6. The Morgan fingerprint density at radius 1 is 1.00 bits per heavy atom. The van der Waals surface area contributed by atoms with Gasteiger partial charge in [-0.3, -0.25) is 14.7 Å². The van der Waals surface area contributed by atoms with Crippen LogP contribution in [0.2, 0.25) is 0 Å². The Labute approximate surface area is 136 Å². The molecule has 0 N–H and O–H groups in total. The van der Waals surface area contributed by atoms with Gasteiger partial charge in [0.05, 0.1) is 18.1 Å². The molecule has 2 aliphatic heterocycles. The fourth-order valence-electron chi connectivity index (χ4n) is 2.97. The van der Waals surface area contributed by atoms with E-state index in [9.17, 15) is 13.2 Å². The Morgan fingerprint density at radius 2 is 1.61 bits per heavy atom. The van der Waals surface area contributed by atoms with Crippen molar-refractivity contribution >= 4 is 21.4 Å². The van der Waals surface area contributed by atoms with E-state index < -0.39 is 9.84 Å². The van der Waals surface area contributed by atoms with Crippen LogP contribution in [0.15, 0.2) is 24.5 Å². The first kappa shape index (κ1) is 16.2. The van der Waals surface area contributed by atoms with Gasteiger partial charge in [0, 0.05) is 57.3 Å². The predicted molar refractivity (Wildman–Crippen MR) is 88.1 cm³/mol. The van der Waals surface area contributed by atoms with Crippen molar-refractivity contribution in [3.63, 3.8) is 0 Å². The first-order valence-corrected chi connectivity index (χ1v) is 9.71. The maximum absolute atomic E-state index is 12.4. The minimum Gasteiger partial charge on any atom is -0.368 e. The van der Waals surface area contributed by atoms with Gasteiger partial charge in [0.2, 0.25) is 5.91 Å². The number of hydrogen-bond donors (Lipinski definition) is 0. The van der Waals surface area contributed by atoms with Gasteiger partial charge in [-0.2, -0.15) is 0 Å². The minimum atomic E-state index is -2.89. The number of nitrogens with zero attached hydrogens (tertiary/aromatic N) is 4. The second-order valence-corrected chi connectivity index (χ2v) is 8.30. The molecule has 0 aromatic carbocycles. The molecule has 23 heavy (non-hydrogen) atoms. The molecule has 3 heterocycles. The summed E-state index contributed by atoms with van der Waals surface area (Å²) in [5, 5.41) is 0. The second kappa shape index (κ2) is 6.84. The molecule has 1 aromatic rings. The number of carbonyl (C=O) groups excluding carboxylic acids is 1. The van der Waals surface area contributed by atoms with E-state index in [1.807, 2.05) is 21.9 Å². The SMILES string of the molecule is O=C(CN1CCS(=O)(=O)CC1)N1CCN(c2ccncc2)CC1. The van der Waals surface area contributed by atoms with E-state index in [1.165, 1.54) is 0 Å². The van der Waals surface area contributed by atoms with E-state index in [4.69, 9.17) is 0 Å². The van der Waals surface area contributed by atoms with Gasteiger partial charge in [-0.25, -0.2) is 8.42 Å². The summed E-state index contributed by atoms with van der Waals surface area (Å²) in [6.45, 7) is 4.27. The lowest BCUT2D eigenvalue weighted by molar-refractivity contribution is -0.132. The van der Waals surface area contributed by atoms with Crippen molar-refractivity contribution in [1.29, 1.82) is 0 Å². The summed E-state index contributed by atoms with van der Waals surface area (Å²) in [7, 11) is -2.89. The van der Waals surface area contributed by atoms with Crippen LogP contribution in [-0.2, 0) is 14.6 Å². The van der Waals surface area contributed by atoms with Gasteiger partial charge in [0.25, 0.3) is 0 Å². The van der Waals surface area contributed by atoms with Crippen molar-refractivity contribution in [2.45, 2.75) is 0 Å². The Hall–Kier alpha value is -1.67. The molecule has 0 atom stereocenters. The zero-order valence-electron chi connectivity index (χ0n) is 13.1. The molecule has 0 unspecified atom stereocenters. The molecule has 0 radical (unpaired) electrons. The number of pyridine rings is 1. The smallest absolute Gasteiger partial charge is 0.236 e. The number of piperazine rings is 1. The summed E-state index contributed by atoms with van der Waals surface area (Å²) in [5.74, 6) is 0.422. The van der Waals surface area contributed by atoms with Crippen LogP contribution in [0.3, 0.4) is 0 Å². The highest BCUT2D eigenvalue weighted by atomic mass is 32.2. The van der Waals surface area contributed by atoms with Crippen LogP contribution in [-0.4, -0.2) is 86.4 Å². The number of sulfone groups is 1. The maximum Gasteiger partial charge on any atom is 0.236 e. The lowest BCUT2D eigenvalue weighted by Crippen LogP contribution is -2.52. The normalized spacial score (nSPS) is 22.1. The number of anilines is 1. The molecular weight excluding hydrogens is 316 g/mol. The molecule has 1 aromatic heterocycles. The van der Waals surface area contributed by atoms with Crippen molar-refractivity contribution in [2.75, 3.05) is 62.2 Å². The van der Waals surface area contributed by atoms with Gasteiger partial charge in [0.15, 0.2) is 9.84 Å². The zero-order valence-corrected chi connectivity index (χ0v) is 13.9. The van der Waals surface area contributed by atoms with Crippen molar-refractivity contribution < 1.29 is 13.2 Å². The largest absolute Gasteiger partial charge is 0.368 e. The summed E-state index contributed by atoms with van der Waals surface area (Å²) in [6.07, 6.45) is 3.55. The standard InChI is InChI=1S/C15H22N4O3S/c20-15(13-17-9-11-23(21,22)12-10-17)19-7-5-18(6-8-19)14-1-3-16-4-2-14/h1-4H,5-13H2. The molecule has 8 heteroatoms. The van der Waals surface area contributed by atoms with E-state index >= 15 is 0 Å². The summed E-state index contributed by atoms with van der Waals surface area (Å²) < 4.78 is 22.8. The van der Waals surface area contributed by atoms with Crippen LogP contribution in [0, 0.1) is 0 Å². The average Bonchev–Trinajstić information content (AvgIpc) is 2.58. The van der Waals surface area contributed by atoms with Crippen molar-refractivity contribution in [2.24, 2.45) is 0 Å². The Kier molecular flexibility index (Phi) is 4.82. The summed E-state index contributed by atoms with van der Waals surface area (Å²) in [6, 6.07) is 3.96. The summed E-state index contributed by atoms with van der Waals surface area (Å²) in [5.41, 5.74) is 1.13. The van der Waals surface area contributed by atoms with Crippen LogP contribution >= 0.6 is 0 Å². The van der Waals surface area contributed by atoms with Crippen LogP contribution in [0.25, 0.3) is 0 Å². The van der Waals surface area contributed by atoms with Gasteiger partial charge >= 0.3 is 0 Å². The summed E-state index contributed by atoms with van der Waals surface area (Å²) in [4.78, 5) is 22.5. The van der Waals surface area contributed by atoms with Gasteiger partial charge < -0.3 is 9.80 Å². The molecule has 3 rings (SSSR count). The average molecular weight is 338 g/mol. The van der Waals surface area contributed by atoms with Crippen LogP contribution in [0.4, 0.5) is 5.69 Å². The predicted octanol–water partition coefficient (Wildman–Crippen LogP) is -0.539. The van der Waals surface area contributed by atoms with Crippen LogP contribution in [0.5, 0.6) is 0 Å². The number of aromatic nitrogens is 1. The first-order chi connectivity index (χ1) is 11.0. The highest BCUT2D eigenvalue weighted by Gasteiger charge is 2.26. The molecule has 2 saturated heterocycles. The second-order valence-electron chi connectivity index (χ2n) is 6.00. The van der Waals surface area contributed by atoms with Gasteiger partial charge in [0.1, 0.15) is 0 Å². The maximum atomic E-state index is 12.4. The molecular formula is C15H22N4O3S. The van der Waals surface area contributed by atoms with E-state index in [0.717, 1.165) is 18.8 Å². The Balaban J connectivity index is 1.47. The van der Waals surface area contributed by atoms with Crippen molar-refractivity contribution in [3.8, 4) is 0 Å². The van der Waals surface area contributed by atoms with Gasteiger partial charge in [-0.15, -0.1) is 0 Å². The molecule has 0 saturated carbocycles. The number of carbonyl (C=O) groups is 1. The van der Waals surface area contributed by atoms with E-state index in [0.29, 0.717) is 32.7 Å². The molecule has 1 amide bonds. The third-order valence-electron chi connectivity index (χ3n) is 4.46. The fraction of sp³-hybridized carbons (Fsp3) is 0.600. The lowest BCUT2D eigenvalue weighted by Gasteiger charge is -2.37. The van der Waals surface area contributed by atoms with Crippen LogP contribution in [0.1, 0.15) is 0 Å². The molecule has 2 aliphatic rings. The van der Waals surface area contributed by atoms with E-state index in [-0.39, 0.29) is 17.4 Å². The minimum absolute atomic E-state index is 0.0960. The number of rotatable bonds is 3. The zero-order chi connectivity index (χ0) is 16.3. The molecule has 7 nitrogen and oxygen atoms in total. The topological polar surface area (TPSA) is 73.8 Å². The van der Waals surface area contributed by atoms with Gasteiger partial charge in [-0.05, 0) is 12.1 Å². The molecule has 0 spiro atoms. The van der Waals surface area contributed by atoms with Crippen molar-refractivity contribution in [3.05, 3.63) is 24.5 Å². The number of amides is 1. The highest BCUT2D eigenvalue weighted by molar-refractivity contribution is 7.91. The Bertz CT molecular complexity index is 628. The monoisotopic (exact) mass is 338 g/mol. The third kappa shape index (κ3) is 4.20. The molecule has 2 fully saturated rings. The molecule has 0 aliphatic carbocycles. The van der Waals surface area contributed by atoms with E-state index in [2.05, 4.69) is 9.88 Å². The fourth-order valence-corrected chi connectivity index (χ4v) is 4.25. The highest BCUT2D eigenvalue weighted by Crippen LogP contribution is 2.15. The lowest BCUT2D eigenvalue weighted by atomic mass is 10.2. The molecule has 0 bridgehead atoms. The summed E-state index contributed by atoms with van der Waals surface area (Å²) >= 11 is 0. The third-order valence-corrected chi connectivity index (χ3v) is 6.07. The first-order valence-electron chi connectivity index (χ1n) is 7.89. The van der Waals surface area contributed by atoms with Gasteiger partial charge in [-0.1, -0.05) is 0 Å². The quantitative estimate of drug-likeness (QED) is 0.737. The van der Waals surface area contributed by atoms with Crippen molar-refractivity contribution in [1.82, 2.24) is 14.8 Å². The molecule has 126 valence electrons. The van der Waals surface area contributed by atoms with Crippen LogP contribution < -0.4 is 4.90 Å². The Morgan fingerprint density at radius 3 is 2.22 bits per heavy atom. The van der Waals surface area contributed by atoms with E-state index in [1.54, 1.807) is 12.4 Å².